The predicted molar refractivity (Wildman–Crippen MR) is 121 cm³/mol. The van der Waals surface area contributed by atoms with E-state index in [4.69, 9.17) is 19.1 Å². The maximum absolute atomic E-state index is 13.1. The third-order valence-electron chi connectivity index (χ3n) is 4.56. The van der Waals surface area contributed by atoms with Crippen LogP contribution in [0.25, 0.3) is 0 Å². The van der Waals surface area contributed by atoms with Crippen molar-refractivity contribution in [3.8, 4) is 0 Å². The zero-order chi connectivity index (χ0) is 29.0. The lowest BCUT2D eigenvalue weighted by molar-refractivity contribution is -0.204. The van der Waals surface area contributed by atoms with Gasteiger partial charge in [-0.2, -0.15) is 0 Å². The van der Waals surface area contributed by atoms with E-state index < -0.39 is 71.0 Å². The number of nitrogens with zero attached hydrogens (tertiary/aromatic N) is 2. The molecule has 2 heterocycles. The minimum atomic E-state index is -2.20. The van der Waals surface area contributed by atoms with Gasteiger partial charge in [-0.05, 0) is 41.5 Å². The van der Waals surface area contributed by atoms with Crippen LogP contribution in [-0.4, -0.2) is 81.2 Å². The lowest BCUT2D eigenvalue weighted by Gasteiger charge is -2.29. The fourth-order valence-electron chi connectivity index (χ4n) is 3.03. The van der Waals surface area contributed by atoms with Crippen LogP contribution in [0.15, 0.2) is 0 Å². The molecule has 2 unspecified atom stereocenters. The lowest BCUT2D eigenvalue weighted by atomic mass is 10.1. The Bertz CT molecular complexity index is 928. The SMILES string of the molecule is CC(C)(C)OC(=O)NC(C(=O)ON1C(=O)CCC1=O)C(NC(=O)OC(C)(C)C)C(=O)ON1C(=O)CCC1=O. The van der Waals surface area contributed by atoms with Gasteiger partial charge in [0.15, 0.2) is 12.1 Å². The van der Waals surface area contributed by atoms with Crippen LogP contribution in [0.1, 0.15) is 67.2 Å². The van der Waals surface area contributed by atoms with Gasteiger partial charge in [0, 0.05) is 25.7 Å². The second-order valence-electron chi connectivity index (χ2n) is 10.2. The molecule has 2 saturated heterocycles. The van der Waals surface area contributed by atoms with E-state index in [1.165, 1.54) is 41.5 Å². The molecule has 16 nitrogen and oxygen atoms in total. The van der Waals surface area contributed by atoms with Crippen molar-refractivity contribution < 1.29 is 57.5 Å². The Morgan fingerprint density at radius 2 is 0.868 bits per heavy atom. The van der Waals surface area contributed by atoms with Crippen molar-refractivity contribution in [1.82, 2.24) is 20.8 Å². The van der Waals surface area contributed by atoms with Crippen LogP contribution in [0.2, 0.25) is 0 Å². The Kier molecular flexibility index (Phi) is 9.02. The maximum atomic E-state index is 13.1. The first kappa shape index (κ1) is 30.0. The standard InChI is InChI=1S/C22H30N4O12/c1-21(2,3)35-19(33)23-15(17(31)37-25-11(27)7-8-12(25)28)16(24-20(34)36-22(4,5)6)18(32)38-26-13(29)9-10-14(26)30/h15-16H,7-10H2,1-6H3,(H,23,33)(H,24,34). The zero-order valence-electron chi connectivity index (χ0n) is 21.8. The topological polar surface area (TPSA) is 204 Å². The second-order valence-corrected chi connectivity index (χ2v) is 10.2. The van der Waals surface area contributed by atoms with Gasteiger partial charge >= 0.3 is 24.1 Å². The van der Waals surface area contributed by atoms with E-state index in [0.717, 1.165) is 0 Å². The summed E-state index contributed by atoms with van der Waals surface area (Å²) in [7, 11) is 0. The molecule has 0 aromatic heterocycles. The predicted octanol–water partition coefficient (Wildman–Crippen LogP) is -0.0126. The van der Waals surface area contributed by atoms with Gasteiger partial charge < -0.3 is 29.8 Å². The maximum Gasteiger partial charge on any atom is 0.408 e. The van der Waals surface area contributed by atoms with Crippen molar-refractivity contribution in [2.45, 2.75) is 90.5 Å². The first-order valence-corrected chi connectivity index (χ1v) is 11.5. The number of hydroxylamine groups is 4. The van der Waals surface area contributed by atoms with Crippen LogP contribution < -0.4 is 10.6 Å². The van der Waals surface area contributed by atoms with E-state index in [-0.39, 0.29) is 35.8 Å². The van der Waals surface area contributed by atoms with Gasteiger partial charge in [-0.25, -0.2) is 19.2 Å². The molecule has 2 aliphatic heterocycles. The summed E-state index contributed by atoms with van der Waals surface area (Å²) in [6.45, 7) is 8.98. The highest BCUT2D eigenvalue weighted by atomic mass is 16.7. The third kappa shape index (κ3) is 8.41. The number of carbonyl (C=O) groups excluding carboxylic acids is 8. The Morgan fingerprint density at radius 1 is 0.605 bits per heavy atom. The average Bonchev–Trinajstić information content (AvgIpc) is 3.23. The minimum Gasteiger partial charge on any atom is -0.444 e. The molecule has 0 saturated carbocycles. The lowest BCUT2D eigenvalue weighted by Crippen LogP contribution is -2.62. The number of amides is 6. The van der Waals surface area contributed by atoms with Gasteiger partial charge in [0.2, 0.25) is 0 Å². The van der Waals surface area contributed by atoms with Crippen molar-refractivity contribution in [2.24, 2.45) is 0 Å². The summed E-state index contributed by atoms with van der Waals surface area (Å²) in [6.07, 6.45) is -3.55. The molecule has 2 N–H and O–H groups in total. The Hall–Kier alpha value is -4.24. The van der Waals surface area contributed by atoms with E-state index in [9.17, 15) is 38.4 Å². The van der Waals surface area contributed by atoms with Gasteiger partial charge in [0.05, 0.1) is 0 Å². The normalized spacial score (nSPS) is 17.6. The fourth-order valence-corrected chi connectivity index (χ4v) is 3.03. The van der Waals surface area contributed by atoms with Crippen LogP contribution >= 0.6 is 0 Å². The summed E-state index contributed by atoms with van der Waals surface area (Å²) in [4.78, 5) is 109. The monoisotopic (exact) mass is 542 g/mol. The first-order chi connectivity index (χ1) is 17.4. The highest BCUT2D eigenvalue weighted by Crippen LogP contribution is 2.17. The van der Waals surface area contributed by atoms with Gasteiger partial charge in [-0.15, -0.1) is 10.1 Å². The van der Waals surface area contributed by atoms with Crippen LogP contribution in [0.5, 0.6) is 0 Å². The molecule has 0 aromatic rings. The highest BCUT2D eigenvalue weighted by Gasteiger charge is 2.45. The zero-order valence-corrected chi connectivity index (χ0v) is 21.8. The number of ether oxygens (including phenoxy) is 2. The molecule has 2 fully saturated rings. The van der Waals surface area contributed by atoms with Crippen LogP contribution in [0.4, 0.5) is 9.59 Å². The molecule has 6 amide bonds. The minimum absolute atomic E-state index is 0.148. The summed E-state index contributed by atoms with van der Waals surface area (Å²) in [6, 6.07) is -4.39. The van der Waals surface area contributed by atoms with Gasteiger partial charge in [-0.3, -0.25) is 19.2 Å². The third-order valence-corrected chi connectivity index (χ3v) is 4.56. The van der Waals surface area contributed by atoms with E-state index in [1.54, 1.807) is 0 Å². The number of alkyl carbamates (subject to hydrolysis) is 2. The quantitative estimate of drug-likeness (QED) is 0.408. The van der Waals surface area contributed by atoms with E-state index in [2.05, 4.69) is 0 Å². The Labute approximate surface area is 217 Å². The molecular formula is C22H30N4O12. The van der Waals surface area contributed by atoms with Crippen molar-refractivity contribution in [3.05, 3.63) is 0 Å². The Morgan fingerprint density at radius 3 is 1.11 bits per heavy atom. The van der Waals surface area contributed by atoms with Crippen LogP contribution in [0.3, 0.4) is 0 Å². The molecule has 0 aliphatic carbocycles. The van der Waals surface area contributed by atoms with Crippen molar-refractivity contribution in [3.63, 3.8) is 0 Å². The van der Waals surface area contributed by atoms with E-state index in [0.29, 0.717) is 0 Å². The van der Waals surface area contributed by atoms with Gasteiger partial charge in [-0.1, -0.05) is 0 Å². The van der Waals surface area contributed by atoms with Gasteiger partial charge in [0.25, 0.3) is 23.6 Å². The molecule has 2 aliphatic rings. The largest absolute Gasteiger partial charge is 0.444 e. The molecule has 2 atom stereocenters. The summed E-state index contributed by atoms with van der Waals surface area (Å²) in [5.41, 5.74) is -2.16. The molecule has 0 bridgehead atoms. The number of carbonyl (C=O) groups is 8. The molecule has 0 aromatic carbocycles. The van der Waals surface area contributed by atoms with Crippen LogP contribution in [0, 0.1) is 0 Å². The summed E-state index contributed by atoms with van der Waals surface area (Å²) >= 11 is 0. The number of nitrogens with one attached hydrogen (secondary N) is 2. The number of hydrogen-bond donors (Lipinski definition) is 2. The van der Waals surface area contributed by atoms with Crippen molar-refractivity contribution in [2.75, 3.05) is 0 Å². The molecule has 16 heteroatoms. The van der Waals surface area contributed by atoms with Crippen LogP contribution in [-0.2, 0) is 47.9 Å². The highest BCUT2D eigenvalue weighted by molar-refractivity contribution is 6.03. The first-order valence-electron chi connectivity index (χ1n) is 11.5. The number of rotatable bonds is 7. The van der Waals surface area contributed by atoms with Crippen molar-refractivity contribution >= 4 is 47.8 Å². The molecule has 0 spiro atoms. The molecule has 210 valence electrons. The summed E-state index contributed by atoms with van der Waals surface area (Å²) in [5, 5.41) is 4.35. The fraction of sp³-hybridized carbons (Fsp3) is 0.636. The summed E-state index contributed by atoms with van der Waals surface area (Å²) in [5.74, 6) is -6.59. The molecule has 0 radical (unpaired) electrons. The van der Waals surface area contributed by atoms with Gasteiger partial charge in [0.1, 0.15) is 11.2 Å². The van der Waals surface area contributed by atoms with Crippen molar-refractivity contribution in [1.29, 1.82) is 0 Å². The average molecular weight is 542 g/mol. The Balaban J connectivity index is 2.43. The molecule has 2 rings (SSSR count). The number of hydrogen-bond acceptors (Lipinski definition) is 12. The second kappa shape index (κ2) is 11.4. The van der Waals surface area contributed by atoms with E-state index in [1.807, 2.05) is 10.6 Å². The number of imide groups is 2. The molecular weight excluding hydrogens is 512 g/mol. The smallest absolute Gasteiger partial charge is 0.408 e. The molecule has 38 heavy (non-hydrogen) atoms. The summed E-state index contributed by atoms with van der Waals surface area (Å²) < 4.78 is 10.2. The van der Waals surface area contributed by atoms with E-state index >= 15 is 0 Å².